The van der Waals surface area contributed by atoms with Gasteiger partial charge in [-0.15, -0.1) is 0 Å². The first-order chi connectivity index (χ1) is 9.12. The van der Waals surface area contributed by atoms with Gasteiger partial charge in [-0.2, -0.15) is 4.98 Å². The first-order valence-electron chi connectivity index (χ1n) is 6.89. The molecule has 2 aliphatic heterocycles. The Kier molecular flexibility index (Phi) is 3.58. The summed E-state index contributed by atoms with van der Waals surface area (Å²) in [7, 11) is -2.79. The summed E-state index contributed by atoms with van der Waals surface area (Å²) >= 11 is 0. The molecule has 0 aliphatic carbocycles. The van der Waals surface area contributed by atoms with Crippen LogP contribution in [-0.4, -0.2) is 36.6 Å². The number of aromatic nitrogens is 2. The van der Waals surface area contributed by atoms with E-state index in [-0.39, 0.29) is 6.04 Å². The van der Waals surface area contributed by atoms with E-state index >= 15 is 0 Å². The van der Waals surface area contributed by atoms with E-state index in [1.54, 1.807) is 0 Å². The zero-order valence-electron chi connectivity index (χ0n) is 10.8. The van der Waals surface area contributed by atoms with Crippen molar-refractivity contribution >= 4 is 9.84 Å². The largest absolute Gasteiger partial charge is 0.339 e. The molecule has 1 unspecified atom stereocenters. The number of rotatable bonds is 3. The SMILES string of the molecule is O=S1(=O)CCC(Cc2nc(C3CCCN3)no2)CC1. The van der Waals surface area contributed by atoms with Crippen LogP contribution in [0.15, 0.2) is 4.52 Å². The highest BCUT2D eigenvalue weighted by Crippen LogP contribution is 2.24. The third-order valence-electron chi connectivity index (χ3n) is 3.99. The van der Waals surface area contributed by atoms with Gasteiger partial charge in [-0.25, -0.2) is 8.42 Å². The van der Waals surface area contributed by atoms with Crippen molar-refractivity contribution in [1.29, 1.82) is 0 Å². The quantitative estimate of drug-likeness (QED) is 0.886. The average Bonchev–Trinajstić information content (AvgIpc) is 3.02. The van der Waals surface area contributed by atoms with Crippen LogP contribution in [0.5, 0.6) is 0 Å². The molecule has 6 nitrogen and oxygen atoms in total. The molecule has 2 fully saturated rings. The normalized spacial score (nSPS) is 27.7. The van der Waals surface area contributed by atoms with E-state index in [4.69, 9.17) is 4.52 Å². The predicted octanol–water partition coefficient (Wildman–Crippen LogP) is 0.861. The first-order valence-corrected chi connectivity index (χ1v) is 8.71. The second kappa shape index (κ2) is 5.20. The lowest BCUT2D eigenvalue weighted by Crippen LogP contribution is -2.24. The first kappa shape index (κ1) is 13.1. The second-order valence-corrected chi connectivity index (χ2v) is 7.80. The molecule has 1 atom stereocenters. The van der Waals surface area contributed by atoms with E-state index in [0.29, 0.717) is 42.6 Å². The standard InChI is InChI=1S/C12H19N3O3S/c16-19(17)6-3-9(4-7-19)8-11-14-12(15-18-11)10-2-1-5-13-10/h9-10,13H,1-8H2. The van der Waals surface area contributed by atoms with Crippen molar-refractivity contribution in [2.75, 3.05) is 18.1 Å². The van der Waals surface area contributed by atoms with Crippen LogP contribution in [-0.2, 0) is 16.3 Å². The minimum absolute atomic E-state index is 0.226. The van der Waals surface area contributed by atoms with Gasteiger partial charge in [0.15, 0.2) is 5.82 Å². The third-order valence-corrected chi connectivity index (χ3v) is 5.71. The average molecular weight is 285 g/mol. The molecule has 7 heteroatoms. The molecule has 2 aliphatic rings. The lowest BCUT2D eigenvalue weighted by Gasteiger charge is -2.19. The van der Waals surface area contributed by atoms with E-state index in [0.717, 1.165) is 25.2 Å². The molecule has 106 valence electrons. The molecule has 2 saturated heterocycles. The predicted molar refractivity (Wildman–Crippen MR) is 69.4 cm³/mol. The highest BCUT2D eigenvalue weighted by Gasteiger charge is 2.26. The minimum atomic E-state index is -2.79. The van der Waals surface area contributed by atoms with Crippen molar-refractivity contribution in [3.63, 3.8) is 0 Å². The van der Waals surface area contributed by atoms with Gasteiger partial charge in [0, 0.05) is 6.42 Å². The Hall–Kier alpha value is -0.950. The molecule has 0 bridgehead atoms. The zero-order chi connectivity index (χ0) is 13.3. The van der Waals surface area contributed by atoms with Crippen LogP contribution in [0.4, 0.5) is 0 Å². The summed E-state index contributed by atoms with van der Waals surface area (Å²) < 4.78 is 28.0. The molecule has 0 radical (unpaired) electrons. The van der Waals surface area contributed by atoms with Crippen LogP contribution in [0.1, 0.15) is 43.4 Å². The summed E-state index contributed by atoms with van der Waals surface area (Å²) in [5, 5.41) is 7.36. The van der Waals surface area contributed by atoms with Gasteiger partial charge < -0.3 is 9.84 Å². The Bertz CT molecular complexity index is 520. The molecule has 1 aromatic heterocycles. The van der Waals surface area contributed by atoms with Gasteiger partial charge in [0.1, 0.15) is 9.84 Å². The van der Waals surface area contributed by atoms with E-state index in [1.807, 2.05) is 0 Å². The molecular weight excluding hydrogens is 266 g/mol. The molecule has 1 N–H and O–H groups in total. The summed E-state index contributed by atoms with van der Waals surface area (Å²) in [6, 6.07) is 0.226. The van der Waals surface area contributed by atoms with E-state index in [2.05, 4.69) is 15.5 Å². The molecule has 0 spiro atoms. The maximum atomic E-state index is 11.4. The van der Waals surface area contributed by atoms with Crippen LogP contribution in [0.25, 0.3) is 0 Å². The molecular formula is C12H19N3O3S. The highest BCUT2D eigenvalue weighted by atomic mass is 32.2. The monoisotopic (exact) mass is 285 g/mol. The molecule has 1 aromatic rings. The number of sulfone groups is 1. The fourth-order valence-electron chi connectivity index (χ4n) is 2.79. The van der Waals surface area contributed by atoms with Crippen molar-refractivity contribution in [1.82, 2.24) is 15.5 Å². The Morgan fingerprint density at radius 1 is 1.26 bits per heavy atom. The number of hydrogen-bond donors (Lipinski definition) is 1. The lowest BCUT2D eigenvalue weighted by atomic mass is 9.99. The number of nitrogens with zero attached hydrogens (tertiary/aromatic N) is 2. The van der Waals surface area contributed by atoms with Gasteiger partial charge in [0.25, 0.3) is 0 Å². The van der Waals surface area contributed by atoms with Crippen LogP contribution in [0.3, 0.4) is 0 Å². The number of nitrogens with one attached hydrogen (secondary N) is 1. The van der Waals surface area contributed by atoms with Crippen LogP contribution < -0.4 is 5.32 Å². The van der Waals surface area contributed by atoms with E-state index in [1.165, 1.54) is 0 Å². The molecule has 3 rings (SSSR count). The van der Waals surface area contributed by atoms with Crippen molar-refractivity contribution in [3.05, 3.63) is 11.7 Å². The van der Waals surface area contributed by atoms with Crippen molar-refractivity contribution in [3.8, 4) is 0 Å². The van der Waals surface area contributed by atoms with Gasteiger partial charge in [-0.3, -0.25) is 0 Å². The zero-order valence-corrected chi connectivity index (χ0v) is 11.7. The molecule has 0 amide bonds. The summed E-state index contributed by atoms with van der Waals surface area (Å²) in [4.78, 5) is 4.43. The van der Waals surface area contributed by atoms with Crippen LogP contribution in [0.2, 0.25) is 0 Å². The van der Waals surface area contributed by atoms with Gasteiger partial charge in [-0.05, 0) is 38.1 Å². The summed E-state index contributed by atoms with van der Waals surface area (Å²) in [5.41, 5.74) is 0. The fraction of sp³-hybridized carbons (Fsp3) is 0.833. The van der Waals surface area contributed by atoms with Crippen molar-refractivity contribution in [2.24, 2.45) is 5.92 Å². The maximum Gasteiger partial charge on any atom is 0.226 e. The van der Waals surface area contributed by atoms with Gasteiger partial charge in [0.2, 0.25) is 5.89 Å². The van der Waals surface area contributed by atoms with Gasteiger partial charge in [0.05, 0.1) is 17.5 Å². The van der Waals surface area contributed by atoms with E-state index < -0.39 is 9.84 Å². The topological polar surface area (TPSA) is 85.1 Å². The van der Waals surface area contributed by atoms with E-state index in [9.17, 15) is 8.42 Å². The molecule has 0 saturated carbocycles. The minimum Gasteiger partial charge on any atom is -0.339 e. The summed E-state index contributed by atoms with van der Waals surface area (Å²) in [5.74, 6) is 2.34. The van der Waals surface area contributed by atoms with Gasteiger partial charge >= 0.3 is 0 Å². The lowest BCUT2D eigenvalue weighted by molar-refractivity contribution is 0.336. The fourth-order valence-corrected chi connectivity index (χ4v) is 4.38. The Morgan fingerprint density at radius 2 is 2.05 bits per heavy atom. The Balaban J connectivity index is 1.58. The van der Waals surface area contributed by atoms with Crippen LogP contribution in [0, 0.1) is 5.92 Å². The second-order valence-electron chi connectivity index (χ2n) is 5.49. The van der Waals surface area contributed by atoms with Crippen LogP contribution >= 0.6 is 0 Å². The summed E-state index contributed by atoms with van der Waals surface area (Å²) in [6.07, 6.45) is 4.33. The smallest absolute Gasteiger partial charge is 0.226 e. The molecule has 0 aromatic carbocycles. The Labute approximate surface area is 112 Å². The number of hydrogen-bond acceptors (Lipinski definition) is 6. The molecule has 3 heterocycles. The summed E-state index contributed by atoms with van der Waals surface area (Å²) in [6.45, 7) is 1.01. The van der Waals surface area contributed by atoms with Crippen molar-refractivity contribution < 1.29 is 12.9 Å². The van der Waals surface area contributed by atoms with Gasteiger partial charge in [-0.1, -0.05) is 5.16 Å². The third kappa shape index (κ3) is 3.14. The highest BCUT2D eigenvalue weighted by molar-refractivity contribution is 7.91. The maximum absolute atomic E-state index is 11.4. The molecule has 19 heavy (non-hydrogen) atoms. The van der Waals surface area contributed by atoms with Crippen molar-refractivity contribution in [2.45, 2.75) is 38.1 Å². The Morgan fingerprint density at radius 3 is 2.74 bits per heavy atom.